The van der Waals surface area contributed by atoms with Gasteiger partial charge in [-0.2, -0.15) is 0 Å². The van der Waals surface area contributed by atoms with E-state index in [1.54, 1.807) is 7.11 Å². The fraction of sp³-hybridized carbons (Fsp3) is 0.562. The average Bonchev–Trinajstić information content (AvgIpc) is 2.93. The molecule has 0 spiro atoms. The maximum Gasteiger partial charge on any atom is 0.314 e. The summed E-state index contributed by atoms with van der Waals surface area (Å²) in [6.45, 7) is 0.669. The van der Waals surface area contributed by atoms with Crippen LogP contribution in [0.1, 0.15) is 43.2 Å². The lowest BCUT2D eigenvalue weighted by molar-refractivity contribution is -0.145. The number of carbonyl (C=O) groups is 1. The van der Waals surface area contributed by atoms with Crippen LogP contribution in [0.2, 0.25) is 0 Å². The number of rotatable bonds is 3. The molecule has 20 heavy (non-hydrogen) atoms. The van der Waals surface area contributed by atoms with E-state index >= 15 is 0 Å². The van der Waals surface area contributed by atoms with Gasteiger partial charge in [0, 0.05) is 17.5 Å². The molecule has 1 saturated carbocycles. The van der Waals surface area contributed by atoms with E-state index < -0.39 is 11.4 Å². The van der Waals surface area contributed by atoms with Crippen LogP contribution in [0.15, 0.2) is 12.1 Å². The van der Waals surface area contributed by atoms with Gasteiger partial charge in [0.25, 0.3) is 0 Å². The Hall–Kier alpha value is -1.71. The van der Waals surface area contributed by atoms with Crippen LogP contribution in [0, 0.1) is 0 Å². The summed E-state index contributed by atoms with van der Waals surface area (Å²) in [4.78, 5) is 11.9. The van der Waals surface area contributed by atoms with Gasteiger partial charge >= 0.3 is 5.97 Å². The standard InChI is InChI=1S/C16H20O4/c1-19-14-9-11-5-8-20-13(11)10-12(14)16(15(17)18)6-3-2-4-7-16/h9-10H,2-8H2,1H3,(H,17,18). The molecule has 0 atom stereocenters. The van der Waals surface area contributed by atoms with Crippen LogP contribution in [0.4, 0.5) is 0 Å². The lowest BCUT2D eigenvalue weighted by Crippen LogP contribution is -2.38. The highest BCUT2D eigenvalue weighted by Crippen LogP contribution is 2.46. The molecule has 108 valence electrons. The van der Waals surface area contributed by atoms with Gasteiger partial charge in [0.2, 0.25) is 0 Å². The minimum Gasteiger partial charge on any atom is -0.496 e. The molecule has 0 unspecified atom stereocenters. The monoisotopic (exact) mass is 276 g/mol. The van der Waals surface area contributed by atoms with Crippen LogP contribution in [-0.2, 0) is 16.6 Å². The zero-order chi connectivity index (χ0) is 14.2. The van der Waals surface area contributed by atoms with Crippen LogP contribution < -0.4 is 9.47 Å². The Morgan fingerprint density at radius 3 is 2.70 bits per heavy atom. The molecule has 0 bridgehead atoms. The molecule has 3 rings (SSSR count). The second kappa shape index (κ2) is 5.00. The van der Waals surface area contributed by atoms with Crippen molar-refractivity contribution in [3.8, 4) is 11.5 Å². The van der Waals surface area contributed by atoms with Crippen molar-refractivity contribution < 1.29 is 19.4 Å². The third-order valence-electron chi connectivity index (χ3n) is 4.64. The summed E-state index contributed by atoms with van der Waals surface area (Å²) in [6, 6.07) is 3.86. The lowest BCUT2D eigenvalue weighted by atomic mass is 9.69. The zero-order valence-corrected chi connectivity index (χ0v) is 11.8. The molecule has 4 heteroatoms. The van der Waals surface area contributed by atoms with Crippen molar-refractivity contribution >= 4 is 5.97 Å². The predicted molar refractivity (Wildman–Crippen MR) is 74.6 cm³/mol. The molecular formula is C16H20O4. The normalized spacial score (nSPS) is 20.1. The third-order valence-corrected chi connectivity index (χ3v) is 4.64. The minimum atomic E-state index is -0.815. The third kappa shape index (κ3) is 1.94. The number of methoxy groups -OCH3 is 1. The molecule has 0 saturated heterocycles. The molecule has 1 aliphatic carbocycles. The van der Waals surface area contributed by atoms with Crippen LogP contribution in [0.25, 0.3) is 0 Å². The van der Waals surface area contributed by atoms with E-state index in [9.17, 15) is 9.90 Å². The van der Waals surface area contributed by atoms with Crippen molar-refractivity contribution in [3.63, 3.8) is 0 Å². The first-order valence-electron chi connectivity index (χ1n) is 7.25. The Morgan fingerprint density at radius 2 is 2.05 bits per heavy atom. The fourth-order valence-electron chi connectivity index (χ4n) is 3.50. The summed E-state index contributed by atoms with van der Waals surface area (Å²) in [5.74, 6) is 0.777. The van der Waals surface area contributed by atoms with Crippen LogP contribution in [0.5, 0.6) is 11.5 Å². The Labute approximate surface area is 118 Å². The van der Waals surface area contributed by atoms with Gasteiger partial charge in [0.1, 0.15) is 11.5 Å². The molecule has 1 aromatic carbocycles. The van der Waals surface area contributed by atoms with Gasteiger partial charge in [-0.3, -0.25) is 4.79 Å². The summed E-state index contributed by atoms with van der Waals surface area (Å²) >= 11 is 0. The first kappa shape index (κ1) is 13.3. The van der Waals surface area contributed by atoms with E-state index in [0.717, 1.165) is 42.6 Å². The average molecular weight is 276 g/mol. The van der Waals surface area contributed by atoms with Crippen LogP contribution >= 0.6 is 0 Å². The van der Waals surface area contributed by atoms with Crippen LogP contribution in [0.3, 0.4) is 0 Å². The van der Waals surface area contributed by atoms with Gasteiger partial charge in [-0.1, -0.05) is 19.3 Å². The Bertz CT molecular complexity index is 530. The zero-order valence-electron chi connectivity index (χ0n) is 11.8. The molecule has 2 aliphatic rings. The van der Waals surface area contributed by atoms with E-state index in [-0.39, 0.29) is 0 Å². The number of benzene rings is 1. The highest BCUT2D eigenvalue weighted by molar-refractivity contribution is 5.83. The van der Waals surface area contributed by atoms with E-state index in [2.05, 4.69) is 0 Å². The SMILES string of the molecule is COc1cc2c(cc1C1(C(=O)O)CCCCC1)OCC2. The molecule has 1 aliphatic heterocycles. The summed E-state index contributed by atoms with van der Waals surface area (Å²) in [5.41, 5.74) is 1.08. The molecule has 1 fully saturated rings. The smallest absolute Gasteiger partial charge is 0.314 e. The van der Waals surface area contributed by atoms with Crippen molar-refractivity contribution in [2.75, 3.05) is 13.7 Å². The molecule has 1 N–H and O–H groups in total. The number of fused-ring (bicyclic) bond motifs is 1. The maximum absolute atomic E-state index is 11.9. The molecule has 0 radical (unpaired) electrons. The fourth-order valence-corrected chi connectivity index (χ4v) is 3.50. The highest BCUT2D eigenvalue weighted by Gasteiger charge is 2.44. The van der Waals surface area contributed by atoms with Crippen molar-refractivity contribution in [2.24, 2.45) is 0 Å². The largest absolute Gasteiger partial charge is 0.496 e. The predicted octanol–water partition coefficient (Wildman–Crippen LogP) is 2.92. The van der Waals surface area contributed by atoms with E-state index in [0.29, 0.717) is 25.2 Å². The second-order valence-corrected chi connectivity index (χ2v) is 5.71. The van der Waals surface area contributed by atoms with Gasteiger partial charge in [-0.25, -0.2) is 0 Å². The van der Waals surface area contributed by atoms with Gasteiger partial charge in [0.15, 0.2) is 0 Å². The van der Waals surface area contributed by atoms with Gasteiger partial charge in [0.05, 0.1) is 19.1 Å². The summed E-state index contributed by atoms with van der Waals surface area (Å²) in [6.07, 6.45) is 5.24. The van der Waals surface area contributed by atoms with Crippen molar-refractivity contribution in [3.05, 3.63) is 23.3 Å². The lowest BCUT2D eigenvalue weighted by Gasteiger charge is -2.34. The maximum atomic E-state index is 11.9. The van der Waals surface area contributed by atoms with Gasteiger partial charge < -0.3 is 14.6 Å². The molecule has 1 aromatic rings. The molecule has 1 heterocycles. The van der Waals surface area contributed by atoms with Crippen molar-refractivity contribution in [1.82, 2.24) is 0 Å². The number of hydrogen-bond donors (Lipinski definition) is 1. The molecule has 4 nitrogen and oxygen atoms in total. The topological polar surface area (TPSA) is 55.8 Å². The summed E-state index contributed by atoms with van der Waals surface area (Å²) in [7, 11) is 1.61. The summed E-state index contributed by atoms with van der Waals surface area (Å²) in [5, 5.41) is 9.81. The van der Waals surface area contributed by atoms with Gasteiger partial charge in [-0.05, 0) is 25.0 Å². The van der Waals surface area contributed by atoms with Crippen LogP contribution in [-0.4, -0.2) is 24.8 Å². The highest BCUT2D eigenvalue weighted by atomic mass is 16.5. The van der Waals surface area contributed by atoms with E-state index in [4.69, 9.17) is 9.47 Å². The number of aliphatic carboxylic acids is 1. The minimum absolute atomic E-state index is 0.669. The Morgan fingerprint density at radius 1 is 1.30 bits per heavy atom. The first-order valence-corrected chi connectivity index (χ1v) is 7.25. The first-order chi connectivity index (χ1) is 9.67. The summed E-state index contributed by atoms with van der Waals surface area (Å²) < 4.78 is 11.1. The quantitative estimate of drug-likeness (QED) is 0.922. The van der Waals surface area contributed by atoms with E-state index in [1.807, 2.05) is 12.1 Å². The Kier molecular flexibility index (Phi) is 3.32. The van der Waals surface area contributed by atoms with E-state index in [1.165, 1.54) is 0 Å². The van der Waals surface area contributed by atoms with Crippen molar-refractivity contribution in [2.45, 2.75) is 43.9 Å². The molecular weight excluding hydrogens is 256 g/mol. The number of carboxylic acid groups (broad SMARTS) is 1. The number of ether oxygens (including phenoxy) is 2. The van der Waals surface area contributed by atoms with Crippen molar-refractivity contribution in [1.29, 1.82) is 0 Å². The molecule has 0 amide bonds. The number of carboxylic acids is 1. The Balaban J connectivity index is 2.13. The molecule has 0 aromatic heterocycles. The number of hydrogen-bond acceptors (Lipinski definition) is 3. The van der Waals surface area contributed by atoms with Gasteiger partial charge in [-0.15, -0.1) is 0 Å². The second-order valence-electron chi connectivity index (χ2n) is 5.71.